The van der Waals surface area contributed by atoms with Gasteiger partial charge in [-0.05, 0) is 31.4 Å². The minimum Gasteiger partial charge on any atom is -0.494 e. The second kappa shape index (κ2) is 5.93. The zero-order valence-electron chi connectivity index (χ0n) is 12.3. The van der Waals surface area contributed by atoms with Gasteiger partial charge in [-0.3, -0.25) is 9.52 Å². The first kappa shape index (κ1) is 15.6. The van der Waals surface area contributed by atoms with Crippen LogP contribution in [0.15, 0.2) is 18.2 Å². The van der Waals surface area contributed by atoms with Gasteiger partial charge in [0.15, 0.2) is 0 Å². The van der Waals surface area contributed by atoms with E-state index in [1.165, 1.54) is 7.11 Å². The zero-order valence-corrected chi connectivity index (χ0v) is 13.2. The molecule has 1 fully saturated rings. The van der Waals surface area contributed by atoms with E-state index in [2.05, 4.69) is 10.0 Å². The fourth-order valence-electron chi connectivity index (χ4n) is 2.02. The molecule has 116 valence electrons. The summed E-state index contributed by atoms with van der Waals surface area (Å²) in [7, 11) is -1.92. The molecule has 6 nitrogen and oxygen atoms in total. The Morgan fingerprint density at radius 3 is 2.62 bits per heavy atom. The fourth-order valence-corrected chi connectivity index (χ4v) is 2.66. The molecule has 1 aliphatic rings. The molecule has 0 saturated heterocycles. The molecule has 2 atom stereocenters. The Balaban J connectivity index is 2.14. The molecule has 21 heavy (non-hydrogen) atoms. The number of nitrogens with one attached hydrogen (secondary N) is 2. The van der Waals surface area contributed by atoms with Gasteiger partial charge in [0.1, 0.15) is 5.75 Å². The molecule has 1 saturated carbocycles. The summed E-state index contributed by atoms with van der Waals surface area (Å²) < 4.78 is 30.8. The number of carbonyl (C=O) groups is 1. The van der Waals surface area contributed by atoms with Crippen molar-refractivity contribution in [3.8, 4) is 5.75 Å². The number of anilines is 2. The van der Waals surface area contributed by atoms with Crippen LogP contribution in [0.25, 0.3) is 0 Å². The van der Waals surface area contributed by atoms with Crippen molar-refractivity contribution >= 4 is 27.3 Å². The highest BCUT2D eigenvalue weighted by Crippen LogP contribution is 2.39. The topological polar surface area (TPSA) is 84.5 Å². The average molecular weight is 312 g/mol. The molecule has 2 N–H and O–H groups in total. The van der Waals surface area contributed by atoms with Crippen LogP contribution in [0.2, 0.25) is 0 Å². The molecule has 0 aliphatic heterocycles. The Morgan fingerprint density at radius 2 is 2.10 bits per heavy atom. The first-order chi connectivity index (χ1) is 9.86. The molecule has 2 rings (SSSR count). The number of hydrogen-bond acceptors (Lipinski definition) is 4. The van der Waals surface area contributed by atoms with Crippen LogP contribution in [0.1, 0.15) is 20.3 Å². The molecule has 0 radical (unpaired) electrons. The average Bonchev–Trinajstić information content (AvgIpc) is 3.17. The van der Waals surface area contributed by atoms with Crippen molar-refractivity contribution in [1.29, 1.82) is 0 Å². The maximum atomic E-state index is 11.9. The van der Waals surface area contributed by atoms with Gasteiger partial charge < -0.3 is 10.1 Å². The van der Waals surface area contributed by atoms with Gasteiger partial charge in [-0.1, -0.05) is 6.92 Å². The summed E-state index contributed by atoms with van der Waals surface area (Å²) in [4.78, 5) is 11.9. The number of methoxy groups -OCH3 is 1. The third-order valence-corrected chi connectivity index (χ3v) is 4.85. The van der Waals surface area contributed by atoms with Gasteiger partial charge in [0.05, 0.1) is 18.6 Å². The lowest BCUT2D eigenvalue weighted by Crippen LogP contribution is -2.16. The first-order valence-corrected chi connectivity index (χ1v) is 8.51. The van der Waals surface area contributed by atoms with Gasteiger partial charge >= 0.3 is 0 Å². The SMILES string of the molecule is CCS(=O)(=O)Nc1ccc(NC(=O)[C@H]2C[C@@H]2C)cc1OC. The molecule has 0 bridgehead atoms. The normalized spacial score (nSPS) is 20.7. The molecule has 0 aromatic heterocycles. The van der Waals surface area contributed by atoms with E-state index >= 15 is 0 Å². The van der Waals surface area contributed by atoms with Crippen LogP contribution >= 0.6 is 0 Å². The molecular formula is C14H20N2O4S. The summed E-state index contributed by atoms with van der Waals surface area (Å²) in [5.41, 5.74) is 0.951. The maximum Gasteiger partial charge on any atom is 0.232 e. The Morgan fingerprint density at radius 1 is 1.43 bits per heavy atom. The second-order valence-electron chi connectivity index (χ2n) is 5.23. The maximum absolute atomic E-state index is 11.9. The summed E-state index contributed by atoms with van der Waals surface area (Å²) in [6.07, 6.45) is 0.914. The molecule has 1 amide bonds. The Labute approximate surface area is 124 Å². The number of amides is 1. The Hall–Kier alpha value is -1.76. The number of benzene rings is 1. The number of hydrogen-bond donors (Lipinski definition) is 2. The van der Waals surface area contributed by atoms with E-state index in [9.17, 15) is 13.2 Å². The monoisotopic (exact) mass is 312 g/mol. The lowest BCUT2D eigenvalue weighted by atomic mass is 10.2. The lowest BCUT2D eigenvalue weighted by Gasteiger charge is -2.13. The third kappa shape index (κ3) is 3.87. The predicted octanol–water partition coefficient (Wildman–Crippen LogP) is 2.05. The molecule has 1 aromatic rings. The summed E-state index contributed by atoms with van der Waals surface area (Å²) in [5, 5.41) is 2.82. The Bertz CT molecular complexity index is 642. The molecular weight excluding hydrogens is 292 g/mol. The van der Waals surface area contributed by atoms with Gasteiger partial charge in [-0.2, -0.15) is 0 Å². The standard InChI is InChI=1S/C14H20N2O4S/c1-4-21(18,19)16-12-6-5-10(8-13(12)20-3)15-14(17)11-7-9(11)2/h5-6,8-9,11,16H,4,7H2,1-3H3,(H,15,17)/t9-,11-/m0/s1. The van der Waals surface area contributed by atoms with Crippen molar-refractivity contribution < 1.29 is 17.9 Å². The van der Waals surface area contributed by atoms with E-state index in [-0.39, 0.29) is 17.6 Å². The molecule has 1 aliphatic carbocycles. The van der Waals surface area contributed by atoms with Crippen LogP contribution in [0.4, 0.5) is 11.4 Å². The molecule has 0 heterocycles. The summed E-state index contributed by atoms with van der Waals surface area (Å²) in [5.74, 6) is 0.853. The largest absolute Gasteiger partial charge is 0.494 e. The highest BCUT2D eigenvalue weighted by molar-refractivity contribution is 7.92. The highest BCUT2D eigenvalue weighted by Gasteiger charge is 2.39. The van der Waals surface area contributed by atoms with Crippen LogP contribution in [0.3, 0.4) is 0 Å². The zero-order chi connectivity index (χ0) is 15.6. The van der Waals surface area contributed by atoms with Gasteiger partial charge in [0.25, 0.3) is 0 Å². The van der Waals surface area contributed by atoms with Crippen molar-refractivity contribution in [3.05, 3.63) is 18.2 Å². The van der Waals surface area contributed by atoms with Crippen LogP contribution in [0, 0.1) is 11.8 Å². The number of carbonyl (C=O) groups excluding carboxylic acids is 1. The van der Waals surface area contributed by atoms with Crippen molar-refractivity contribution in [3.63, 3.8) is 0 Å². The second-order valence-corrected chi connectivity index (χ2v) is 7.24. The van der Waals surface area contributed by atoms with Gasteiger partial charge in [-0.15, -0.1) is 0 Å². The highest BCUT2D eigenvalue weighted by atomic mass is 32.2. The quantitative estimate of drug-likeness (QED) is 0.842. The smallest absolute Gasteiger partial charge is 0.232 e. The van der Waals surface area contributed by atoms with E-state index < -0.39 is 10.0 Å². The van der Waals surface area contributed by atoms with Crippen LogP contribution in [-0.4, -0.2) is 27.2 Å². The lowest BCUT2D eigenvalue weighted by molar-refractivity contribution is -0.117. The first-order valence-electron chi connectivity index (χ1n) is 6.85. The minimum absolute atomic E-state index is 0.00792. The summed E-state index contributed by atoms with van der Waals surface area (Å²) in [6, 6.07) is 4.84. The van der Waals surface area contributed by atoms with Gasteiger partial charge in [0.2, 0.25) is 15.9 Å². The molecule has 0 unspecified atom stereocenters. The summed E-state index contributed by atoms with van der Waals surface area (Å²) in [6.45, 7) is 3.59. The minimum atomic E-state index is -3.37. The number of ether oxygens (including phenoxy) is 1. The van der Waals surface area contributed by atoms with E-state index in [4.69, 9.17) is 4.74 Å². The van der Waals surface area contributed by atoms with E-state index in [0.29, 0.717) is 23.0 Å². The predicted molar refractivity (Wildman–Crippen MR) is 82.0 cm³/mol. The number of sulfonamides is 1. The Kier molecular flexibility index (Phi) is 4.41. The third-order valence-electron chi connectivity index (χ3n) is 3.56. The van der Waals surface area contributed by atoms with Crippen LogP contribution in [0.5, 0.6) is 5.75 Å². The summed E-state index contributed by atoms with van der Waals surface area (Å²) >= 11 is 0. The van der Waals surface area contributed by atoms with Crippen molar-refractivity contribution in [1.82, 2.24) is 0 Å². The van der Waals surface area contributed by atoms with Crippen molar-refractivity contribution in [2.24, 2.45) is 11.8 Å². The molecule has 0 spiro atoms. The molecule has 7 heteroatoms. The fraction of sp³-hybridized carbons (Fsp3) is 0.500. The van der Waals surface area contributed by atoms with Crippen molar-refractivity contribution in [2.45, 2.75) is 20.3 Å². The van der Waals surface area contributed by atoms with Crippen LogP contribution in [-0.2, 0) is 14.8 Å². The van der Waals surface area contributed by atoms with Gasteiger partial charge in [0, 0.05) is 17.7 Å². The van der Waals surface area contributed by atoms with E-state index in [0.717, 1.165) is 6.42 Å². The van der Waals surface area contributed by atoms with E-state index in [1.807, 2.05) is 6.92 Å². The number of rotatable bonds is 6. The molecule has 1 aromatic carbocycles. The van der Waals surface area contributed by atoms with Crippen molar-refractivity contribution in [2.75, 3.05) is 22.9 Å². The van der Waals surface area contributed by atoms with E-state index in [1.54, 1.807) is 25.1 Å². The van der Waals surface area contributed by atoms with Gasteiger partial charge in [-0.25, -0.2) is 8.42 Å². The van der Waals surface area contributed by atoms with Crippen LogP contribution < -0.4 is 14.8 Å².